The smallest absolute Gasteiger partial charge is 0.251 e. The summed E-state index contributed by atoms with van der Waals surface area (Å²) >= 11 is 8.98. The monoisotopic (exact) mass is 336 g/mol. The Bertz CT molecular complexity index is 607. The van der Waals surface area contributed by atoms with Crippen LogP contribution in [0.25, 0.3) is 0 Å². The summed E-state index contributed by atoms with van der Waals surface area (Å²) in [5.74, 6) is -4.14. The maximum atomic E-state index is 13.4. The molecule has 0 bridgehead atoms. The average molecular weight is 338 g/mol. The lowest BCUT2D eigenvalue weighted by Crippen LogP contribution is -2.02. The number of rotatable bonds is 2. The highest BCUT2D eigenvalue weighted by Gasteiger charge is 2.12. The van der Waals surface area contributed by atoms with E-state index in [0.717, 1.165) is 0 Å². The van der Waals surface area contributed by atoms with E-state index in [2.05, 4.69) is 26.2 Å². The van der Waals surface area contributed by atoms with Gasteiger partial charge in [0.2, 0.25) is 0 Å². The number of hydrogen-bond acceptors (Lipinski definition) is 2. The SMILES string of the molecule is Fc1cc(F)c(Nc2cc(Cl)ccc2Br)nc1F. The van der Waals surface area contributed by atoms with Crippen LogP contribution < -0.4 is 5.32 Å². The number of pyridine rings is 1. The quantitative estimate of drug-likeness (QED) is 0.806. The molecule has 0 amide bonds. The molecule has 0 atom stereocenters. The minimum Gasteiger partial charge on any atom is -0.337 e. The summed E-state index contributed by atoms with van der Waals surface area (Å²) in [5, 5.41) is 2.93. The summed E-state index contributed by atoms with van der Waals surface area (Å²) in [4.78, 5) is 3.15. The van der Waals surface area contributed by atoms with Gasteiger partial charge >= 0.3 is 0 Å². The standard InChI is InChI=1S/C11H5BrClF3N2/c12-6-2-1-5(13)3-9(6)17-11-8(15)4-7(14)10(16)18-11/h1-4H,(H,17,18). The lowest BCUT2D eigenvalue weighted by Gasteiger charge is -2.09. The van der Waals surface area contributed by atoms with Crippen LogP contribution in [-0.4, -0.2) is 4.98 Å². The van der Waals surface area contributed by atoms with Crippen molar-refractivity contribution in [2.75, 3.05) is 5.32 Å². The van der Waals surface area contributed by atoms with E-state index in [1.54, 1.807) is 12.1 Å². The summed E-state index contributed by atoms with van der Waals surface area (Å²) in [6.45, 7) is 0. The van der Waals surface area contributed by atoms with Crippen molar-refractivity contribution < 1.29 is 13.2 Å². The van der Waals surface area contributed by atoms with Crippen molar-refractivity contribution >= 4 is 39.0 Å². The first-order valence-electron chi connectivity index (χ1n) is 4.71. The molecule has 18 heavy (non-hydrogen) atoms. The molecular formula is C11H5BrClF3N2. The van der Waals surface area contributed by atoms with Gasteiger partial charge in [-0.15, -0.1) is 0 Å². The Kier molecular flexibility index (Phi) is 3.77. The Morgan fingerprint density at radius 2 is 1.83 bits per heavy atom. The van der Waals surface area contributed by atoms with Gasteiger partial charge in [0.05, 0.1) is 5.69 Å². The van der Waals surface area contributed by atoms with Gasteiger partial charge in [-0.2, -0.15) is 9.37 Å². The average Bonchev–Trinajstić information content (AvgIpc) is 2.30. The Labute approximate surface area is 114 Å². The molecule has 0 aliphatic carbocycles. The first-order valence-corrected chi connectivity index (χ1v) is 5.88. The van der Waals surface area contributed by atoms with Gasteiger partial charge in [0, 0.05) is 15.6 Å². The Balaban J connectivity index is 2.40. The van der Waals surface area contributed by atoms with Crippen LogP contribution in [0.5, 0.6) is 0 Å². The molecule has 2 aromatic rings. The molecule has 1 N–H and O–H groups in total. The van der Waals surface area contributed by atoms with Crippen LogP contribution in [-0.2, 0) is 0 Å². The molecule has 0 fully saturated rings. The van der Waals surface area contributed by atoms with Gasteiger partial charge in [-0.3, -0.25) is 0 Å². The molecule has 0 saturated heterocycles. The fourth-order valence-electron chi connectivity index (χ4n) is 1.25. The van der Waals surface area contributed by atoms with Crippen LogP contribution in [0.4, 0.5) is 24.7 Å². The van der Waals surface area contributed by atoms with Gasteiger partial charge in [-0.05, 0) is 34.1 Å². The van der Waals surface area contributed by atoms with E-state index in [4.69, 9.17) is 11.6 Å². The van der Waals surface area contributed by atoms with Gasteiger partial charge in [0.25, 0.3) is 5.95 Å². The molecule has 0 radical (unpaired) electrons. The van der Waals surface area contributed by atoms with Crippen LogP contribution in [0.2, 0.25) is 5.02 Å². The minimum atomic E-state index is -1.38. The van der Waals surface area contributed by atoms with E-state index in [9.17, 15) is 13.2 Å². The van der Waals surface area contributed by atoms with Crippen molar-refractivity contribution in [3.63, 3.8) is 0 Å². The second-order valence-corrected chi connectivity index (χ2v) is 4.63. The van der Waals surface area contributed by atoms with Crippen molar-refractivity contribution in [2.45, 2.75) is 0 Å². The van der Waals surface area contributed by atoms with Gasteiger partial charge in [0.1, 0.15) is 0 Å². The van der Waals surface area contributed by atoms with Crippen molar-refractivity contribution in [3.8, 4) is 0 Å². The molecule has 1 aromatic heterocycles. The minimum absolute atomic E-state index is 0.389. The molecule has 0 aliphatic heterocycles. The summed E-state index contributed by atoms with van der Waals surface area (Å²) in [7, 11) is 0. The van der Waals surface area contributed by atoms with E-state index in [1.807, 2.05) is 0 Å². The summed E-state index contributed by atoms with van der Waals surface area (Å²) < 4.78 is 39.6. The zero-order valence-electron chi connectivity index (χ0n) is 8.65. The van der Waals surface area contributed by atoms with Gasteiger partial charge in [-0.1, -0.05) is 11.6 Å². The summed E-state index contributed by atoms with van der Waals surface area (Å²) in [6.07, 6.45) is 0. The van der Waals surface area contributed by atoms with Crippen LogP contribution in [0, 0.1) is 17.6 Å². The molecule has 2 rings (SSSR count). The van der Waals surface area contributed by atoms with Crippen LogP contribution in [0.15, 0.2) is 28.7 Å². The van der Waals surface area contributed by atoms with E-state index in [-0.39, 0.29) is 0 Å². The molecule has 0 saturated carbocycles. The van der Waals surface area contributed by atoms with Gasteiger partial charge in [-0.25, -0.2) is 8.78 Å². The fraction of sp³-hybridized carbons (Fsp3) is 0. The Hall–Kier alpha value is -1.27. The molecule has 0 spiro atoms. The number of nitrogens with one attached hydrogen (secondary N) is 1. The predicted molar refractivity (Wildman–Crippen MR) is 66.5 cm³/mol. The molecule has 2 nitrogen and oxygen atoms in total. The molecule has 1 aromatic carbocycles. The van der Waals surface area contributed by atoms with Crippen molar-refractivity contribution in [2.24, 2.45) is 0 Å². The third kappa shape index (κ3) is 2.76. The van der Waals surface area contributed by atoms with Crippen LogP contribution in [0.1, 0.15) is 0 Å². The van der Waals surface area contributed by atoms with Crippen LogP contribution >= 0.6 is 27.5 Å². The summed E-state index contributed by atoms with van der Waals surface area (Å²) in [5.41, 5.74) is 0.389. The number of halogens is 5. The molecule has 1 heterocycles. The van der Waals surface area contributed by atoms with Gasteiger partial charge in [0.15, 0.2) is 17.5 Å². The molecule has 7 heteroatoms. The highest BCUT2D eigenvalue weighted by Crippen LogP contribution is 2.29. The lowest BCUT2D eigenvalue weighted by molar-refractivity contribution is 0.467. The number of aromatic nitrogens is 1. The number of benzene rings is 1. The zero-order chi connectivity index (χ0) is 13.3. The molecule has 94 valence electrons. The second kappa shape index (κ2) is 5.16. The van der Waals surface area contributed by atoms with Crippen molar-refractivity contribution in [3.05, 3.63) is 51.3 Å². The first kappa shape index (κ1) is 13.2. The number of hydrogen-bond donors (Lipinski definition) is 1. The highest BCUT2D eigenvalue weighted by atomic mass is 79.9. The van der Waals surface area contributed by atoms with Gasteiger partial charge < -0.3 is 5.32 Å². The highest BCUT2D eigenvalue weighted by molar-refractivity contribution is 9.10. The topological polar surface area (TPSA) is 24.9 Å². The maximum Gasteiger partial charge on any atom is 0.251 e. The number of anilines is 2. The third-order valence-electron chi connectivity index (χ3n) is 2.07. The molecule has 0 unspecified atom stereocenters. The predicted octanol–water partition coefficient (Wildman–Crippen LogP) is 4.66. The second-order valence-electron chi connectivity index (χ2n) is 3.34. The Morgan fingerprint density at radius 1 is 1.11 bits per heavy atom. The van der Waals surface area contributed by atoms with Crippen molar-refractivity contribution in [1.82, 2.24) is 4.98 Å². The zero-order valence-corrected chi connectivity index (χ0v) is 11.0. The largest absolute Gasteiger partial charge is 0.337 e. The molecular weight excluding hydrogens is 332 g/mol. The lowest BCUT2D eigenvalue weighted by atomic mass is 10.3. The third-order valence-corrected chi connectivity index (χ3v) is 2.99. The fourth-order valence-corrected chi connectivity index (χ4v) is 1.77. The maximum absolute atomic E-state index is 13.4. The van der Waals surface area contributed by atoms with E-state index < -0.39 is 23.4 Å². The molecule has 0 aliphatic rings. The van der Waals surface area contributed by atoms with Crippen LogP contribution in [0.3, 0.4) is 0 Å². The van der Waals surface area contributed by atoms with E-state index in [0.29, 0.717) is 21.2 Å². The normalized spacial score (nSPS) is 10.5. The number of nitrogens with zero attached hydrogens (tertiary/aromatic N) is 1. The van der Waals surface area contributed by atoms with E-state index >= 15 is 0 Å². The first-order chi connectivity index (χ1) is 8.47. The van der Waals surface area contributed by atoms with E-state index in [1.165, 1.54) is 6.07 Å². The Morgan fingerprint density at radius 3 is 2.56 bits per heavy atom. The van der Waals surface area contributed by atoms with Crippen molar-refractivity contribution in [1.29, 1.82) is 0 Å². The summed E-state index contributed by atoms with van der Waals surface area (Å²) in [6, 6.07) is 5.16.